The number of hydrogen-bond acceptors (Lipinski definition) is 15. The summed E-state index contributed by atoms with van der Waals surface area (Å²) in [5.74, 6) is -2.45. The third kappa shape index (κ3) is 12.8. The molecule has 0 aliphatic rings. The van der Waals surface area contributed by atoms with Gasteiger partial charge in [-0.25, -0.2) is 32.2 Å². The lowest BCUT2D eigenvalue weighted by Crippen LogP contribution is -2.35. The maximum Gasteiger partial charge on any atom is 0.416 e. The quantitative estimate of drug-likeness (QED) is 0.0522. The molecule has 0 atom stereocenters. The number of nitrogens with two attached hydrogens (primary N) is 1. The zero-order valence-electron chi connectivity index (χ0n) is 31.4. The Morgan fingerprint density at radius 3 is 2.25 bits per heavy atom. The van der Waals surface area contributed by atoms with Gasteiger partial charge in [0.15, 0.2) is 6.61 Å². The second kappa shape index (κ2) is 20.7. The molecule has 0 aliphatic heterocycles. The number of amides is 2. The SMILES string of the molecule is COc1nc(C)nc(NC(=O)NS(=O)(=O)c2cc(I)ccc2C(=O)O)n1.Nc1c([N+](=O)[O-])cnn1-c1c(Cl)cc(C(F)(F)F)cc1Cl.O=C(O)COc1ccc(Cl)c2cccnc12. The second-order valence-corrected chi connectivity index (χ2v) is 15.8. The fraction of sp³-hybridized carbons (Fsp3) is 0.118. The van der Waals surface area contributed by atoms with Gasteiger partial charge in [-0.1, -0.05) is 34.8 Å². The van der Waals surface area contributed by atoms with Crippen molar-refractivity contribution in [2.45, 2.75) is 18.0 Å². The highest BCUT2D eigenvalue weighted by atomic mass is 127. The van der Waals surface area contributed by atoms with Gasteiger partial charge in [-0.3, -0.25) is 20.4 Å². The summed E-state index contributed by atoms with van der Waals surface area (Å²) in [4.78, 5) is 58.5. The minimum Gasteiger partial charge on any atom is -0.480 e. The molecule has 21 nitrogen and oxygen atoms in total. The number of carbonyl (C=O) groups is 3. The Kier molecular flexibility index (Phi) is 16.2. The number of nitrogens with one attached hydrogen (secondary N) is 2. The molecular formula is C34H25Cl3F3IN10O11S. The molecule has 6 N–H and O–H groups in total. The number of ether oxygens (including phenoxy) is 2. The standard InChI is InChI=1S/C13H12IN5O6S.C11H8ClNO3.C10H5Cl2F3N4O2/c1-6-15-11(18-13(16-6)25-2)17-12(22)19-26(23,24)9-5-7(14)3-4-8(9)10(20)21;12-8-3-4-9(16-6-10(14)15)11-7(8)2-1-5-13-11;11-5-1-4(10(13,14)15)2-6(12)8(5)18-9(16)7(3-17-18)19(20)21/h3-5H,1-2H3,(H,20,21)(H2,15,16,17,18,19,22);1-5H,6H2,(H,14,15);1-3H,16H2. The van der Waals surface area contributed by atoms with Crippen molar-refractivity contribution in [1.82, 2.24) is 34.4 Å². The second-order valence-electron chi connectivity index (χ2n) is 11.7. The first-order chi connectivity index (χ1) is 29.4. The number of carbonyl (C=O) groups excluding carboxylic acids is 1. The molecule has 6 aromatic rings. The number of anilines is 2. The molecule has 0 unspecified atom stereocenters. The Hall–Kier alpha value is -6.36. The largest absolute Gasteiger partial charge is 0.480 e. The van der Waals surface area contributed by atoms with Crippen molar-refractivity contribution in [2.75, 3.05) is 24.8 Å². The average molecular weight is 1070 g/mol. The summed E-state index contributed by atoms with van der Waals surface area (Å²) >= 11 is 19.3. The highest BCUT2D eigenvalue weighted by Gasteiger charge is 2.33. The number of halogens is 7. The predicted octanol–water partition coefficient (Wildman–Crippen LogP) is 7.04. The average Bonchev–Trinajstić information content (AvgIpc) is 3.57. The van der Waals surface area contributed by atoms with Crippen LogP contribution in [0.1, 0.15) is 21.7 Å². The summed E-state index contributed by atoms with van der Waals surface area (Å²) in [6.07, 6.45) is -2.18. The van der Waals surface area contributed by atoms with Crippen LogP contribution >= 0.6 is 57.4 Å². The molecule has 2 amide bonds. The number of sulfonamides is 1. The van der Waals surface area contributed by atoms with Gasteiger partial charge in [0.05, 0.1) is 38.2 Å². The third-order valence-corrected chi connectivity index (χ3v) is 10.3. The van der Waals surface area contributed by atoms with Gasteiger partial charge in [0.1, 0.15) is 33.9 Å². The Morgan fingerprint density at radius 2 is 1.68 bits per heavy atom. The molecule has 3 aromatic carbocycles. The van der Waals surface area contributed by atoms with Crippen molar-refractivity contribution in [1.29, 1.82) is 0 Å². The lowest BCUT2D eigenvalue weighted by Gasteiger charge is -2.12. The first-order valence-electron chi connectivity index (χ1n) is 16.5. The summed E-state index contributed by atoms with van der Waals surface area (Å²) in [7, 11) is -3.14. The van der Waals surface area contributed by atoms with Crippen molar-refractivity contribution < 1.29 is 60.6 Å². The molecule has 0 bridgehead atoms. The molecule has 6 rings (SSSR count). The number of fused-ring (bicyclic) bond motifs is 1. The van der Waals surface area contributed by atoms with E-state index in [1.807, 2.05) is 22.6 Å². The number of nitrogen functional groups attached to an aromatic ring is 1. The molecule has 332 valence electrons. The van der Waals surface area contributed by atoms with Gasteiger partial charge in [0.25, 0.3) is 10.0 Å². The number of pyridine rings is 1. The molecule has 29 heteroatoms. The van der Waals surface area contributed by atoms with E-state index in [-0.39, 0.29) is 33.5 Å². The number of aryl methyl sites for hydroxylation is 1. The van der Waals surface area contributed by atoms with Gasteiger partial charge in [-0.05, 0) is 84.1 Å². The Bertz CT molecular complexity index is 2840. The number of aliphatic carboxylic acids is 1. The summed E-state index contributed by atoms with van der Waals surface area (Å²) in [6, 6.07) is 10.6. The molecule has 0 saturated heterocycles. The summed E-state index contributed by atoms with van der Waals surface area (Å²) in [5, 5.41) is 34.6. The van der Waals surface area contributed by atoms with Crippen LogP contribution in [0.15, 0.2) is 71.9 Å². The minimum absolute atomic E-state index is 0.0681. The maximum absolute atomic E-state index is 12.6. The summed E-state index contributed by atoms with van der Waals surface area (Å²) < 4.78 is 75.6. The molecule has 63 heavy (non-hydrogen) atoms. The number of methoxy groups -OCH3 is 1. The highest BCUT2D eigenvalue weighted by molar-refractivity contribution is 14.1. The fourth-order valence-electron chi connectivity index (χ4n) is 4.77. The lowest BCUT2D eigenvalue weighted by atomic mass is 10.2. The van der Waals surface area contributed by atoms with Gasteiger partial charge < -0.3 is 25.4 Å². The maximum atomic E-state index is 12.6. The first kappa shape index (κ1) is 49.3. The van der Waals surface area contributed by atoms with E-state index in [2.05, 4.69) is 30.4 Å². The van der Waals surface area contributed by atoms with E-state index in [9.17, 15) is 46.1 Å². The summed E-state index contributed by atoms with van der Waals surface area (Å²) in [6.45, 7) is 1.13. The molecule has 0 radical (unpaired) electrons. The van der Waals surface area contributed by atoms with E-state index in [4.69, 9.17) is 60.2 Å². The number of rotatable bonds is 10. The molecule has 0 aliphatic carbocycles. The van der Waals surface area contributed by atoms with Crippen LogP contribution in [0.2, 0.25) is 15.1 Å². The van der Waals surface area contributed by atoms with Gasteiger partial charge in [0, 0.05) is 15.2 Å². The number of carboxylic acid groups (broad SMARTS) is 2. The topological polar surface area (TPSA) is 307 Å². The Balaban J connectivity index is 0.000000213. The predicted molar refractivity (Wildman–Crippen MR) is 226 cm³/mol. The zero-order valence-corrected chi connectivity index (χ0v) is 36.6. The minimum atomic E-state index is -4.63. The number of nitro groups is 1. The van der Waals surface area contributed by atoms with E-state index < -0.39 is 73.2 Å². The zero-order chi connectivity index (χ0) is 47.0. The fourth-order valence-corrected chi connectivity index (χ4v) is 7.47. The van der Waals surface area contributed by atoms with Gasteiger partial charge in [0.2, 0.25) is 11.8 Å². The Morgan fingerprint density at radius 1 is 1.02 bits per heavy atom. The number of urea groups is 1. The van der Waals surface area contributed by atoms with Crippen LogP contribution in [0.3, 0.4) is 0 Å². The number of carboxylic acids is 2. The first-order valence-corrected chi connectivity index (χ1v) is 20.2. The lowest BCUT2D eigenvalue weighted by molar-refractivity contribution is -0.383. The Labute approximate surface area is 379 Å². The van der Waals surface area contributed by atoms with Crippen LogP contribution in [0.4, 0.5) is 35.4 Å². The van der Waals surface area contributed by atoms with Crippen LogP contribution in [0.5, 0.6) is 11.8 Å². The molecule has 0 fully saturated rings. The van der Waals surface area contributed by atoms with Crippen LogP contribution in [-0.4, -0.2) is 85.0 Å². The van der Waals surface area contributed by atoms with Gasteiger partial charge >= 0.3 is 35.8 Å². The van der Waals surface area contributed by atoms with Crippen molar-refractivity contribution in [3.63, 3.8) is 0 Å². The van der Waals surface area contributed by atoms with E-state index in [0.29, 0.717) is 32.0 Å². The number of benzene rings is 3. The molecular weight excluding hydrogens is 1050 g/mol. The molecule has 0 spiro atoms. The van der Waals surface area contributed by atoms with Crippen molar-refractivity contribution in [3.8, 4) is 17.4 Å². The van der Waals surface area contributed by atoms with E-state index in [1.54, 1.807) is 35.2 Å². The molecule has 3 heterocycles. The number of aromatic nitrogens is 6. The number of aromatic carboxylic acids is 1. The van der Waals surface area contributed by atoms with Crippen molar-refractivity contribution >= 4 is 114 Å². The molecule has 3 aromatic heterocycles. The van der Waals surface area contributed by atoms with Crippen LogP contribution in [0, 0.1) is 20.6 Å². The number of nitrogens with zero attached hydrogens (tertiary/aromatic N) is 7. The van der Waals surface area contributed by atoms with Crippen LogP contribution in [0.25, 0.3) is 16.6 Å². The van der Waals surface area contributed by atoms with E-state index in [1.165, 1.54) is 20.1 Å². The summed E-state index contributed by atoms with van der Waals surface area (Å²) in [5.41, 5.74) is 3.88. The van der Waals surface area contributed by atoms with Crippen molar-refractivity contribution in [2.24, 2.45) is 0 Å². The van der Waals surface area contributed by atoms with Crippen molar-refractivity contribution in [3.05, 3.63) is 113 Å². The van der Waals surface area contributed by atoms with Crippen LogP contribution < -0.4 is 25.2 Å². The van der Waals surface area contributed by atoms with E-state index >= 15 is 0 Å². The van der Waals surface area contributed by atoms with E-state index in [0.717, 1.165) is 28.4 Å². The monoisotopic (exact) mass is 1070 g/mol. The normalized spacial score (nSPS) is 11.0. The van der Waals surface area contributed by atoms with Crippen LogP contribution in [-0.2, 0) is 21.0 Å². The highest BCUT2D eigenvalue weighted by Crippen LogP contribution is 2.39. The number of hydrogen-bond donors (Lipinski definition) is 5. The smallest absolute Gasteiger partial charge is 0.416 e. The molecule has 0 saturated carbocycles. The third-order valence-electron chi connectivity index (χ3n) is 7.39. The van der Waals surface area contributed by atoms with Gasteiger partial charge in [-0.15, -0.1) is 0 Å². The van der Waals surface area contributed by atoms with Gasteiger partial charge in [-0.2, -0.15) is 33.2 Å². The number of alkyl halides is 3.